The number of carbonyl (C=O) groups excluding carboxylic acids is 1. The molecule has 0 aliphatic carbocycles. The molecular weight excluding hydrogens is 330 g/mol. The molecule has 0 aliphatic rings. The summed E-state index contributed by atoms with van der Waals surface area (Å²) in [6, 6.07) is 9.57. The summed E-state index contributed by atoms with van der Waals surface area (Å²) in [6.45, 7) is 0. The van der Waals surface area contributed by atoms with Gasteiger partial charge >= 0.3 is 5.97 Å². The molecule has 9 heteroatoms. The third-order valence-corrected chi connectivity index (χ3v) is 3.58. The highest BCUT2D eigenvalue weighted by Crippen LogP contribution is 2.31. The van der Waals surface area contributed by atoms with Crippen LogP contribution in [0.2, 0.25) is 0 Å². The maximum absolute atomic E-state index is 11.3. The summed E-state index contributed by atoms with van der Waals surface area (Å²) in [6.07, 6.45) is -0.264. The van der Waals surface area contributed by atoms with Crippen LogP contribution in [-0.2, 0) is 9.53 Å². The van der Waals surface area contributed by atoms with Gasteiger partial charge in [-0.05, 0) is 6.07 Å². The average Bonchev–Trinajstić information content (AvgIpc) is 2.61. The lowest BCUT2D eigenvalue weighted by atomic mass is 10.0. The SMILES string of the molecule is COC(=O)CCC(c1ccc([N+](=O)[O-])c(-c2ccccc2)n1)[N+](=O)[O-]. The Labute approximate surface area is 142 Å². The zero-order valence-corrected chi connectivity index (χ0v) is 13.3. The summed E-state index contributed by atoms with van der Waals surface area (Å²) >= 11 is 0. The van der Waals surface area contributed by atoms with E-state index in [4.69, 9.17) is 0 Å². The molecule has 9 nitrogen and oxygen atoms in total. The molecule has 0 amide bonds. The molecule has 0 fully saturated rings. The molecule has 130 valence electrons. The lowest BCUT2D eigenvalue weighted by Gasteiger charge is -2.10. The zero-order chi connectivity index (χ0) is 18.4. The van der Waals surface area contributed by atoms with E-state index < -0.39 is 21.9 Å². The number of nitrogens with zero attached hydrogens (tertiary/aromatic N) is 3. The molecule has 25 heavy (non-hydrogen) atoms. The number of nitro groups is 2. The number of methoxy groups -OCH3 is 1. The van der Waals surface area contributed by atoms with Crippen molar-refractivity contribution in [1.82, 2.24) is 4.98 Å². The van der Waals surface area contributed by atoms with Crippen LogP contribution in [0.4, 0.5) is 5.69 Å². The van der Waals surface area contributed by atoms with Gasteiger partial charge in [-0.2, -0.15) is 0 Å². The van der Waals surface area contributed by atoms with Crippen molar-refractivity contribution in [3.63, 3.8) is 0 Å². The second-order valence-electron chi connectivity index (χ2n) is 5.14. The van der Waals surface area contributed by atoms with Gasteiger partial charge in [0, 0.05) is 23.0 Å². The van der Waals surface area contributed by atoms with Gasteiger partial charge in [0.1, 0.15) is 11.4 Å². The Morgan fingerprint density at radius 3 is 2.40 bits per heavy atom. The molecule has 2 aromatic rings. The van der Waals surface area contributed by atoms with Gasteiger partial charge < -0.3 is 4.74 Å². The Kier molecular flexibility index (Phi) is 5.72. The number of aromatic nitrogens is 1. The minimum atomic E-state index is -1.26. The average molecular weight is 345 g/mol. The van der Waals surface area contributed by atoms with Crippen molar-refractivity contribution in [1.29, 1.82) is 0 Å². The largest absolute Gasteiger partial charge is 0.469 e. The smallest absolute Gasteiger partial charge is 0.305 e. The van der Waals surface area contributed by atoms with Crippen molar-refractivity contribution >= 4 is 11.7 Å². The first-order valence-electron chi connectivity index (χ1n) is 7.35. The number of esters is 1. The van der Waals surface area contributed by atoms with Gasteiger partial charge in [0.05, 0.1) is 18.5 Å². The lowest BCUT2D eigenvalue weighted by Crippen LogP contribution is -2.15. The molecule has 0 spiro atoms. The molecule has 2 rings (SSSR count). The van der Waals surface area contributed by atoms with Crippen LogP contribution >= 0.6 is 0 Å². The molecule has 0 saturated heterocycles. The second kappa shape index (κ2) is 7.95. The number of hydrogen-bond acceptors (Lipinski definition) is 7. The van der Waals surface area contributed by atoms with Gasteiger partial charge in [0.2, 0.25) is 0 Å². The van der Waals surface area contributed by atoms with Gasteiger partial charge in [-0.25, -0.2) is 4.98 Å². The molecule has 1 aromatic heterocycles. The first-order valence-corrected chi connectivity index (χ1v) is 7.35. The summed E-state index contributed by atoms with van der Waals surface area (Å²) in [5.74, 6) is -0.572. The fourth-order valence-electron chi connectivity index (χ4n) is 2.33. The molecule has 1 atom stereocenters. The van der Waals surface area contributed by atoms with E-state index in [1.54, 1.807) is 30.3 Å². The van der Waals surface area contributed by atoms with Crippen molar-refractivity contribution in [3.8, 4) is 11.3 Å². The highest BCUT2D eigenvalue weighted by Gasteiger charge is 2.28. The van der Waals surface area contributed by atoms with E-state index in [9.17, 15) is 25.0 Å². The third kappa shape index (κ3) is 4.34. The first kappa shape index (κ1) is 18.0. The van der Waals surface area contributed by atoms with E-state index in [1.165, 1.54) is 19.2 Å². The fourth-order valence-corrected chi connectivity index (χ4v) is 2.33. The lowest BCUT2D eigenvalue weighted by molar-refractivity contribution is -0.530. The predicted octanol–water partition coefficient (Wildman–Crippen LogP) is 2.93. The van der Waals surface area contributed by atoms with Crippen LogP contribution in [0.5, 0.6) is 0 Å². The number of carbonyl (C=O) groups is 1. The summed E-state index contributed by atoms with van der Waals surface area (Å²) in [7, 11) is 1.20. The van der Waals surface area contributed by atoms with Crippen molar-refractivity contribution in [3.05, 3.63) is 68.4 Å². The van der Waals surface area contributed by atoms with Crippen LogP contribution < -0.4 is 0 Å². The van der Waals surface area contributed by atoms with Crippen LogP contribution in [-0.4, -0.2) is 27.9 Å². The van der Waals surface area contributed by atoms with E-state index in [0.29, 0.717) is 5.56 Å². The quantitative estimate of drug-likeness (QED) is 0.429. The predicted molar refractivity (Wildman–Crippen MR) is 87.3 cm³/mol. The molecule has 0 bridgehead atoms. The number of pyridine rings is 1. The first-order chi connectivity index (χ1) is 11.9. The summed E-state index contributed by atoms with van der Waals surface area (Å²) in [5.41, 5.74) is 0.336. The van der Waals surface area contributed by atoms with Crippen molar-refractivity contribution in [2.24, 2.45) is 0 Å². The Hall–Kier alpha value is -3.36. The van der Waals surface area contributed by atoms with Crippen LogP contribution in [0.1, 0.15) is 24.6 Å². The molecule has 1 heterocycles. The van der Waals surface area contributed by atoms with Crippen molar-refractivity contribution < 1.29 is 19.4 Å². The monoisotopic (exact) mass is 345 g/mol. The van der Waals surface area contributed by atoms with Crippen molar-refractivity contribution in [2.45, 2.75) is 18.9 Å². The van der Waals surface area contributed by atoms with E-state index in [2.05, 4.69) is 9.72 Å². The minimum Gasteiger partial charge on any atom is -0.469 e. The molecular formula is C16H15N3O6. The zero-order valence-electron chi connectivity index (χ0n) is 13.3. The van der Waals surface area contributed by atoms with Gasteiger partial charge in [0.15, 0.2) is 0 Å². The second-order valence-corrected chi connectivity index (χ2v) is 5.14. The Balaban J connectivity index is 2.45. The van der Waals surface area contributed by atoms with Gasteiger partial charge in [-0.15, -0.1) is 0 Å². The summed E-state index contributed by atoms with van der Waals surface area (Å²) in [4.78, 5) is 36.8. The standard InChI is InChI=1S/C16H15N3O6/c1-25-15(20)10-9-13(18(21)22)12-7-8-14(19(23)24)16(17-12)11-5-3-2-4-6-11/h2-8,13H,9-10H2,1H3. The summed E-state index contributed by atoms with van der Waals surface area (Å²) in [5, 5.41) is 22.6. The molecule has 0 aliphatic heterocycles. The maximum Gasteiger partial charge on any atom is 0.305 e. The van der Waals surface area contributed by atoms with Crippen LogP contribution in [0.3, 0.4) is 0 Å². The Bertz CT molecular complexity index is 794. The fraction of sp³-hybridized carbons (Fsp3) is 0.250. The van der Waals surface area contributed by atoms with E-state index in [0.717, 1.165) is 0 Å². The van der Waals surface area contributed by atoms with Crippen LogP contribution in [0.15, 0.2) is 42.5 Å². The van der Waals surface area contributed by atoms with Gasteiger partial charge in [-0.1, -0.05) is 30.3 Å². The Morgan fingerprint density at radius 1 is 1.16 bits per heavy atom. The minimum absolute atomic E-state index is 0.0491. The molecule has 1 aromatic carbocycles. The molecule has 0 saturated carbocycles. The highest BCUT2D eigenvalue weighted by molar-refractivity contribution is 5.70. The molecule has 0 N–H and O–H groups in total. The number of rotatable bonds is 7. The van der Waals surface area contributed by atoms with Gasteiger partial charge in [0.25, 0.3) is 11.7 Å². The highest BCUT2D eigenvalue weighted by atomic mass is 16.6. The van der Waals surface area contributed by atoms with Crippen LogP contribution in [0.25, 0.3) is 11.3 Å². The summed E-state index contributed by atoms with van der Waals surface area (Å²) < 4.78 is 4.49. The topological polar surface area (TPSA) is 125 Å². The van der Waals surface area contributed by atoms with E-state index >= 15 is 0 Å². The van der Waals surface area contributed by atoms with Crippen molar-refractivity contribution in [2.75, 3.05) is 7.11 Å². The van der Waals surface area contributed by atoms with Crippen LogP contribution in [0, 0.1) is 20.2 Å². The maximum atomic E-state index is 11.3. The third-order valence-electron chi connectivity index (χ3n) is 3.58. The Morgan fingerprint density at radius 2 is 1.84 bits per heavy atom. The number of ether oxygens (including phenoxy) is 1. The number of benzene rings is 1. The van der Waals surface area contributed by atoms with Gasteiger partial charge in [-0.3, -0.25) is 25.0 Å². The van der Waals surface area contributed by atoms with E-state index in [-0.39, 0.29) is 29.9 Å². The number of hydrogen-bond donors (Lipinski definition) is 0. The molecule has 1 unspecified atom stereocenters. The normalized spacial score (nSPS) is 11.6. The van der Waals surface area contributed by atoms with E-state index in [1.807, 2.05) is 0 Å². The molecule has 0 radical (unpaired) electrons.